The third kappa shape index (κ3) is 10.6. The van der Waals surface area contributed by atoms with Crippen molar-refractivity contribution in [2.24, 2.45) is 11.8 Å². The van der Waals surface area contributed by atoms with Gasteiger partial charge in [-0.05, 0) is 179 Å². The number of imide groups is 2. The Labute approximate surface area is 511 Å². The van der Waals surface area contributed by atoms with E-state index >= 15 is 9.18 Å². The average Bonchev–Trinajstić information content (AvgIpc) is 1.57. The normalized spacial score (nSPS) is 24.1. The summed E-state index contributed by atoms with van der Waals surface area (Å²) >= 11 is 0. The van der Waals surface area contributed by atoms with Crippen molar-refractivity contribution in [3.05, 3.63) is 94.6 Å². The lowest BCUT2D eigenvalue weighted by molar-refractivity contribution is -0.144. The molecule has 6 fully saturated rings. The monoisotopic (exact) mass is 1200 g/mol. The number of amides is 8. The standard InChI is InChI=1S/C67H79FN12O8/c1-37(2)70-60(82)47-34-52(49(68)30-39(47)5)73-59-58-53(69-36-78(58)38(3)4)35-51(72-59)42-14-17-48-55(31-42)79(45-32-44(33-45)75-24-7-6-8-25-75)66(88)67(48)22-28-77(29-23-67)63(85)41-20-26-76(27-21-41)62(84)40-12-15-43(16-13-40)71-50-11-9-10-46-57(50)65(87)80(64(46)86)54-18-19-56(81)74-61(54)83/h9-11,14,17,30-31,34-38,40-41,43-45,54,71H,6-8,12-13,15-16,18-29,32-33H2,1-5H3,(H,70,82)(H,72,73)(H,74,81,83). The van der Waals surface area contributed by atoms with E-state index in [1.54, 1.807) is 31.5 Å². The van der Waals surface area contributed by atoms with Crippen LogP contribution in [0.15, 0.2) is 60.9 Å². The molecule has 8 heterocycles. The highest BCUT2D eigenvalue weighted by Gasteiger charge is 2.56. The molecular weight excluding hydrogens is 1120 g/mol. The number of rotatable bonds is 13. The van der Waals surface area contributed by atoms with Gasteiger partial charge in [-0.3, -0.25) is 48.6 Å². The van der Waals surface area contributed by atoms with E-state index in [1.807, 2.05) is 54.2 Å². The van der Waals surface area contributed by atoms with Crippen LogP contribution in [0.4, 0.5) is 27.3 Å². The summed E-state index contributed by atoms with van der Waals surface area (Å²) in [5.41, 5.74) is 5.64. The molecule has 13 rings (SSSR count). The number of carbonyl (C=O) groups is 8. The second kappa shape index (κ2) is 23.5. The Morgan fingerprint density at radius 2 is 1.44 bits per heavy atom. The summed E-state index contributed by atoms with van der Waals surface area (Å²) in [4.78, 5) is 128. The number of aromatic nitrogens is 3. The molecule has 21 heteroatoms. The fraction of sp³-hybridized carbons (Fsp3) is 0.522. The van der Waals surface area contributed by atoms with Crippen LogP contribution in [0.2, 0.25) is 0 Å². The first-order valence-electron chi connectivity index (χ1n) is 32.0. The van der Waals surface area contributed by atoms with E-state index in [4.69, 9.17) is 9.97 Å². The maximum atomic E-state index is 16.0. The van der Waals surface area contributed by atoms with E-state index in [0.29, 0.717) is 123 Å². The molecule has 4 N–H and O–H groups in total. The summed E-state index contributed by atoms with van der Waals surface area (Å²) in [6, 6.07) is 15.3. The molecule has 1 atom stereocenters. The van der Waals surface area contributed by atoms with Crippen molar-refractivity contribution in [3.63, 3.8) is 0 Å². The Kier molecular flexibility index (Phi) is 15.7. The predicted octanol–water partition coefficient (Wildman–Crippen LogP) is 8.54. The van der Waals surface area contributed by atoms with Crippen molar-refractivity contribution in [2.75, 3.05) is 54.8 Å². The lowest BCUT2D eigenvalue weighted by atomic mass is 9.73. The number of nitrogens with one attached hydrogen (secondary N) is 4. The van der Waals surface area contributed by atoms with Crippen LogP contribution in [0, 0.1) is 24.6 Å². The van der Waals surface area contributed by atoms with E-state index in [2.05, 4.69) is 43.2 Å². The van der Waals surface area contributed by atoms with Gasteiger partial charge in [0.2, 0.25) is 29.5 Å². The number of pyridine rings is 1. The van der Waals surface area contributed by atoms with Gasteiger partial charge in [-0.25, -0.2) is 14.4 Å². The summed E-state index contributed by atoms with van der Waals surface area (Å²) in [7, 11) is 0. The molecule has 0 radical (unpaired) electrons. The van der Waals surface area contributed by atoms with Crippen LogP contribution in [0.25, 0.3) is 22.3 Å². The maximum Gasteiger partial charge on any atom is 0.264 e. The van der Waals surface area contributed by atoms with E-state index in [9.17, 15) is 33.6 Å². The Bertz CT molecular complexity index is 3680. The molecule has 88 heavy (non-hydrogen) atoms. The average molecular weight is 1200 g/mol. The number of hydrogen-bond donors (Lipinski definition) is 4. The minimum atomic E-state index is -1.05. The second-order valence-electron chi connectivity index (χ2n) is 26.5. The van der Waals surface area contributed by atoms with Gasteiger partial charge in [0, 0.05) is 97.1 Å². The SMILES string of the molecule is Cc1cc(F)c(Nc2nc(-c3ccc4c(c3)N(C3CC(N5CCCCC5)C3)C(=O)C43CCN(C(=O)C4CCN(C(=O)C5CCC(Nc6cccc7c6C(=O)N(C6CCC(=O)NC6=O)C7=O)CC5)CC4)CC3)cc3ncn(C(C)C)c23)cc1C(=O)NC(C)C. The molecule has 2 aliphatic carbocycles. The predicted molar refractivity (Wildman–Crippen MR) is 329 cm³/mol. The molecule has 8 amide bonds. The van der Waals surface area contributed by atoms with Crippen LogP contribution >= 0.6 is 0 Å². The zero-order valence-corrected chi connectivity index (χ0v) is 51.0. The van der Waals surface area contributed by atoms with Gasteiger partial charge in [0.15, 0.2) is 5.82 Å². The Hall–Kier alpha value is -8.07. The highest BCUT2D eigenvalue weighted by Crippen LogP contribution is 2.53. The van der Waals surface area contributed by atoms with E-state index < -0.39 is 40.9 Å². The first-order chi connectivity index (χ1) is 42.3. The van der Waals surface area contributed by atoms with Crippen molar-refractivity contribution in [2.45, 2.75) is 173 Å². The minimum absolute atomic E-state index is 0.00136. The van der Waals surface area contributed by atoms with Crippen molar-refractivity contribution < 1.29 is 42.7 Å². The lowest BCUT2D eigenvalue weighted by Crippen LogP contribution is -2.58. The molecule has 4 saturated heterocycles. The molecule has 462 valence electrons. The summed E-state index contributed by atoms with van der Waals surface area (Å²) < 4.78 is 18.0. The van der Waals surface area contributed by atoms with Gasteiger partial charge in [0.1, 0.15) is 17.4 Å². The number of anilines is 4. The van der Waals surface area contributed by atoms with Gasteiger partial charge in [0.25, 0.3) is 17.7 Å². The lowest BCUT2D eigenvalue weighted by Gasteiger charge is -2.48. The minimum Gasteiger partial charge on any atom is -0.382 e. The number of halogens is 1. The first-order valence-corrected chi connectivity index (χ1v) is 32.0. The number of benzene rings is 3. The zero-order valence-electron chi connectivity index (χ0n) is 51.0. The molecule has 8 aliphatic rings. The van der Waals surface area contributed by atoms with Crippen LogP contribution in [-0.2, 0) is 29.4 Å². The topological polar surface area (TPSA) is 232 Å². The maximum absolute atomic E-state index is 16.0. The number of aryl methyl sites for hydroxylation is 1. The zero-order chi connectivity index (χ0) is 61.4. The van der Waals surface area contributed by atoms with Gasteiger partial charge in [-0.1, -0.05) is 24.6 Å². The number of likely N-dealkylation sites (tertiary alicyclic amines) is 3. The summed E-state index contributed by atoms with van der Waals surface area (Å²) in [5, 5.41) is 11.9. The van der Waals surface area contributed by atoms with Crippen molar-refractivity contribution >= 4 is 81.2 Å². The second-order valence-corrected chi connectivity index (χ2v) is 26.5. The number of piperidine rings is 4. The summed E-state index contributed by atoms with van der Waals surface area (Å²) in [6.45, 7) is 13.6. The van der Waals surface area contributed by atoms with Crippen LogP contribution in [-0.4, -0.2) is 151 Å². The number of fused-ring (bicyclic) bond motifs is 4. The molecule has 0 bridgehead atoms. The van der Waals surface area contributed by atoms with Crippen LogP contribution in [0.1, 0.15) is 172 Å². The fourth-order valence-electron chi connectivity index (χ4n) is 15.4. The number of imidazole rings is 1. The summed E-state index contributed by atoms with van der Waals surface area (Å²) in [6.07, 6.45) is 12.0. The molecule has 5 aromatic rings. The largest absolute Gasteiger partial charge is 0.382 e. The van der Waals surface area contributed by atoms with Gasteiger partial charge in [-0.2, -0.15) is 0 Å². The molecule has 2 saturated carbocycles. The van der Waals surface area contributed by atoms with Crippen LogP contribution in [0.3, 0.4) is 0 Å². The summed E-state index contributed by atoms with van der Waals surface area (Å²) in [5.74, 6) is -2.79. The third-order valence-corrected chi connectivity index (χ3v) is 20.4. The highest BCUT2D eigenvalue weighted by atomic mass is 19.1. The van der Waals surface area contributed by atoms with Gasteiger partial charge >= 0.3 is 0 Å². The van der Waals surface area contributed by atoms with Crippen molar-refractivity contribution in [3.8, 4) is 11.3 Å². The van der Waals surface area contributed by atoms with E-state index in [-0.39, 0.29) is 89.3 Å². The quantitative estimate of drug-likeness (QED) is 0.0811. The molecule has 20 nitrogen and oxygen atoms in total. The number of nitrogens with zero attached hydrogens (tertiary/aromatic N) is 8. The van der Waals surface area contributed by atoms with E-state index in [0.717, 1.165) is 47.6 Å². The van der Waals surface area contributed by atoms with Crippen molar-refractivity contribution in [1.29, 1.82) is 0 Å². The van der Waals surface area contributed by atoms with Gasteiger partial charge in [0.05, 0.1) is 39.8 Å². The molecular formula is C67H79FN12O8. The number of hydrogen-bond acceptors (Lipinski definition) is 13. The molecule has 2 aromatic heterocycles. The Balaban J connectivity index is 0.676. The van der Waals surface area contributed by atoms with Crippen LogP contribution in [0.5, 0.6) is 0 Å². The Morgan fingerprint density at radius 1 is 0.739 bits per heavy atom. The molecule has 1 unspecified atom stereocenters. The molecule has 3 aromatic carbocycles. The Morgan fingerprint density at radius 3 is 2.14 bits per heavy atom. The van der Waals surface area contributed by atoms with Crippen LogP contribution < -0.4 is 26.2 Å². The third-order valence-electron chi connectivity index (χ3n) is 20.4. The molecule has 6 aliphatic heterocycles. The van der Waals surface area contributed by atoms with Crippen molar-refractivity contribution in [1.82, 2.24) is 44.8 Å². The first kappa shape index (κ1) is 58.9. The molecule has 1 spiro atoms. The highest BCUT2D eigenvalue weighted by molar-refractivity contribution is 6.25. The van der Waals surface area contributed by atoms with Gasteiger partial charge in [-0.15, -0.1) is 0 Å². The fourth-order valence-corrected chi connectivity index (χ4v) is 15.4. The smallest absolute Gasteiger partial charge is 0.264 e. The number of carbonyl (C=O) groups excluding carboxylic acids is 8. The van der Waals surface area contributed by atoms with E-state index in [1.165, 1.54) is 31.4 Å². The van der Waals surface area contributed by atoms with Gasteiger partial charge < -0.3 is 40.1 Å².